The lowest BCUT2D eigenvalue weighted by atomic mass is 10.1. The van der Waals surface area contributed by atoms with E-state index in [0.717, 1.165) is 71.0 Å². The molecule has 0 saturated heterocycles. The van der Waals surface area contributed by atoms with Crippen molar-refractivity contribution >= 4 is 11.7 Å². The standard InChI is InChI=1S/C17H34N2O2/c1-4-6-10-16(20)11-8-7-9-14-19(3)15-12-17(21)18-13-5-2/h4-15H2,1-3H3,(H,18,21). The first-order valence-corrected chi connectivity index (χ1v) is 8.57. The van der Waals surface area contributed by atoms with E-state index in [4.69, 9.17) is 0 Å². The van der Waals surface area contributed by atoms with Crippen LogP contribution in [0, 0.1) is 0 Å². The van der Waals surface area contributed by atoms with Gasteiger partial charge in [0.25, 0.3) is 0 Å². The second-order valence-electron chi connectivity index (χ2n) is 5.86. The van der Waals surface area contributed by atoms with Gasteiger partial charge in [-0.25, -0.2) is 0 Å². The van der Waals surface area contributed by atoms with Gasteiger partial charge in [-0.2, -0.15) is 0 Å². The molecule has 124 valence electrons. The van der Waals surface area contributed by atoms with Gasteiger partial charge in [-0.1, -0.05) is 26.7 Å². The highest BCUT2D eigenvalue weighted by Gasteiger charge is 2.04. The van der Waals surface area contributed by atoms with Crippen molar-refractivity contribution in [3.8, 4) is 0 Å². The number of amides is 1. The van der Waals surface area contributed by atoms with Gasteiger partial charge < -0.3 is 10.2 Å². The average Bonchev–Trinajstić information content (AvgIpc) is 2.48. The van der Waals surface area contributed by atoms with Crippen molar-refractivity contribution in [2.75, 3.05) is 26.7 Å². The first-order valence-electron chi connectivity index (χ1n) is 8.57. The molecule has 0 rings (SSSR count). The van der Waals surface area contributed by atoms with Crippen molar-refractivity contribution < 1.29 is 9.59 Å². The van der Waals surface area contributed by atoms with E-state index in [1.54, 1.807) is 0 Å². The zero-order valence-corrected chi connectivity index (χ0v) is 14.2. The highest BCUT2D eigenvalue weighted by molar-refractivity contribution is 5.78. The number of carbonyl (C=O) groups excluding carboxylic acids is 2. The summed E-state index contributed by atoms with van der Waals surface area (Å²) in [4.78, 5) is 25.2. The molecule has 0 aliphatic heterocycles. The average molecular weight is 298 g/mol. The van der Waals surface area contributed by atoms with Crippen molar-refractivity contribution in [1.82, 2.24) is 10.2 Å². The number of nitrogens with zero attached hydrogens (tertiary/aromatic N) is 1. The van der Waals surface area contributed by atoms with Gasteiger partial charge in [0.15, 0.2) is 0 Å². The van der Waals surface area contributed by atoms with Crippen LogP contribution in [0.2, 0.25) is 0 Å². The third-order valence-corrected chi connectivity index (χ3v) is 3.60. The molecular weight excluding hydrogens is 264 g/mol. The highest BCUT2D eigenvalue weighted by atomic mass is 16.1. The minimum atomic E-state index is 0.144. The Labute approximate surface area is 130 Å². The van der Waals surface area contributed by atoms with Gasteiger partial charge in [-0.3, -0.25) is 9.59 Å². The van der Waals surface area contributed by atoms with Crippen molar-refractivity contribution in [3.63, 3.8) is 0 Å². The molecule has 0 unspecified atom stereocenters. The fourth-order valence-corrected chi connectivity index (χ4v) is 2.14. The van der Waals surface area contributed by atoms with Crippen LogP contribution < -0.4 is 5.32 Å². The van der Waals surface area contributed by atoms with Crippen LogP contribution in [0.15, 0.2) is 0 Å². The van der Waals surface area contributed by atoms with Gasteiger partial charge in [0.1, 0.15) is 5.78 Å². The molecule has 0 aromatic carbocycles. The summed E-state index contributed by atoms with van der Waals surface area (Å²) in [5.74, 6) is 0.558. The molecule has 0 spiro atoms. The fourth-order valence-electron chi connectivity index (χ4n) is 2.14. The molecule has 0 aromatic rings. The zero-order chi connectivity index (χ0) is 15.9. The van der Waals surface area contributed by atoms with Gasteiger partial charge in [0.05, 0.1) is 0 Å². The topological polar surface area (TPSA) is 49.4 Å². The molecule has 0 aromatic heterocycles. The Balaban J connectivity index is 3.43. The molecule has 1 amide bonds. The summed E-state index contributed by atoms with van der Waals surface area (Å²) in [7, 11) is 2.06. The Kier molecular flexibility index (Phi) is 13.5. The number of hydrogen-bond donors (Lipinski definition) is 1. The largest absolute Gasteiger partial charge is 0.356 e. The summed E-state index contributed by atoms with van der Waals surface area (Å²) >= 11 is 0. The molecule has 0 saturated carbocycles. The maximum Gasteiger partial charge on any atom is 0.221 e. The maximum atomic E-state index is 11.5. The predicted octanol–water partition coefficient (Wildman–Crippen LogP) is 3.15. The van der Waals surface area contributed by atoms with E-state index >= 15 is 0 Å². The lowest BCUT2D eigenvalue weighted by Gasteiger charge is -2.16. The lowest BCUT2D eigenvalue weighted by molar-refractivity contribution is -0.121. The first kappa shape index (κ1) is 20.1. The summed E-state index contributed by atoms with van der Waals surface area (Å²) in [5, 5.41) is 2.89. The molecular formula is C17H34N2O2. The summed E-state index contributed by atoms with van der Waals surface area (Å²) in [6, 6.07) is 0. The van der Waals surface area contributed by atoms with Gasteiger partial charge in [-0.15, -0.1) is 0 Å². The van der Waals surface area contributed by atoms with Crippen molar-refractivity contribution in [2.45, 2.75) is 71.6 Å². The van der Waals surface area contributed by atoms with E-state index in [9.17, 15) is 9.59 Å². The van der Waals surface area contributed by atoms with Gasteiger partial charge in [0, 0.05) is 32.4 Å². The number of Topliss-reactive ketones (excluding diaryl/α,β-unsaturated/α-hetero) is 1. The third-order valence-electron chi connectivity index (χ3n) is 3.60. The molecule has 0 radical (unpaired) electrons. The Morgan fingerprint density at radius 2 is 1.57 bits per heavy atom. The van der Waals surface area contributed by atoms with Crippen LogP contribution in [-0.2, 0) is 9.59 Å². The van der Waals surface area contributed by atoms with Gasteiger partial charge in [0.2, 0.25) is 5.91 Å². The Morgan fingerprint density at radius 3 is 2.24 bits per heavy atom. The fraction of sp³-hybridized carbons (Fsp3) is 0.882. The molecule has 0 bridgehead atoms. The quantitative estimate of drug-likeness (QED) is 0.501. The molecule has 1 N–H and O–H groups in total. The highest BCUT2D eigenvalue weighted by Crippen LogP contribution is 2.06. The molecule has 4 heteroatoms. The normalized spacial score (nSPS) is 10.9. The molecule has 21 heavy (non-hydrogen) atoms. The van der Waals surface area contributed by atoms with Crippen LogP contribution in [0.1, 0.15) is 71.6 Å². The number of rotatable bonds is 14. The SMILES string of the molecule is CCCCC(=O)CCCCCN(C)CCC(=O)NCCC. The number of unbranched alkanes of at least 4 members (excludes halogenated alkanes) is 3. The lowest BCUT2D eigenvalue weighted by Crippen LogP contribution is -2.29. The first-order chi connectivity index (χ1) is 10.1. The number of nitrogens with one attached hydrogen (secondary N) is 1. The van der Waals surface area contributed by atoms with Crippen molar-refractivity contribution in [3.05, 3.63) is 0 Å². The van der Waals surface area contributed by atoms with E-state index < -0.39 is 0 Å². The Morgan fingerprint density at radius 1 is 0.857 bits per heavy atom. The molecule has 4 nitrogen and oxygen atoms in total. The van der Waals surface area contributed by atoms with Crippen LogP contribution in [0.4, 0.5) is 0 Å². The minimum Gasteiger partial charge on any atom is -0.356 e. The second-order valence-corrected chi connectivity index (χ2v) is 5.86. The molecule has 0 aliphatic carbocycles. The van der Waals surface area contributed by atoms with Crippen LogP contribution in [-0.4, -0.2) is 43.3 Å². The van der Waals surface area contributed by atoms with E-state index in [1.165, 1.54) is 0 Å². The van der Waals surface area contributed by atoms with Crippen molar-refractivity contribution in [1.29, 1.82) is 0 Å². The number of carbonyl (C=O) groups is 2. The third kappa shape index (κ3) is 13.8. The number of hydrogen-bond acceptors (Lipinski definition) is 3. The molecule has 0 fully saturated rings. The Bertz CT molecular complexity index is 280. The van der Waals surface area contributed by atoms with Crippen LogP contribution in [0.5, 0.6) is 0 Å². The summed E-state index contributed by atoms with van der Waals surface area (Å²) in [6.45, 7) is 6.76. The van der Waals surface area contributed by atoms with E-state index in [0.29, 0.717) is 12.2 Å². The zero-order valence-electron chi connectivity index (χ0n) is 14.2. The van der Waals surface area contributed by atoms with Crippen molar-refractivity contribution in [2.24, 2.45) is 0 Å². The second kappa shape index (κ2) is 14.1. The number of ketones is 1. The molecule has 0 atom stereocenters. The van der Waals surface area contributed by atoms with Crippen LogP contribution >= 0.6 is 0 Å². The van der Waals surface area contributed by atoms with Crippen LogP contribution in [0.3, 0.4) is 0 Å². The smallest absolute Gasteiger partial charge is 0.221 e. The van der Waals surface area contributed by atoms with E-state index in [1.807, 2.05) is 0 Å². The summed E-state index contributed by atoms with van der Waals surface area (Å²) in [6.07, 6.45) is 8.40. The molecule has 0 heterocycles. The predicted molar refractivity (Wildman–Crippen MR) is 88.4 cm³/mol. The van der Waals surface area contributed by atoms with Crippen LogP contribution in [0.25, 0.3) is 0 Å². The van der Waals surface area contributed by atoms with Gasteiger partial charge >= 0.3 is 0 Å². The maximum absolute atomic E-state index is 11.5. The molecule has 0 aliphatic rings. The summed E-state index contributed by atoms with van der Waals surface area (Å²) < 4.78 is 0. The van der Waals surface area contributed by atoms with E-state index in [-0.39, 0.29) is 5.91 Å². The monoisotopic (exact) mass is 298 g/mol. The Hall–Kier alpha value is -0.900. The van der Waals surface area contributed by atoms with E-state index in [2.05, 4.69) is 31.1 Å². The summed E-state index contributed by atoms with van der Waals surface area (Å²) in [5.41, 5.74) is 0. The van der Waals surface area contributed by atoms with Gasteiger partial charge in [-0.05, 0) is 39.3 Å². The minimum absolute atomic E-state index is 0.144.